The monoisotopic (exact) mass is 276 g/mol. The van der Waals surface area contributed by atoms with Crippen LogP contribution in [0.2, 0.25) is 0 Å². The number of rotatable bonds is 3. The zero-order valence-corrected chi connectivity index (χ0v) is 9.28. The second kappa shape index (κ2) is 4.82. The van der Waals surface area contributed by atoms with Crippen LogP contribution in [-0.4, -0.2) is 5.11 Å². The predicted molar refractivity (Wildman–Crippen MR) is 59.0 cm³/mol. The molecule has 1 aromatic carbocycles. The molecule has 0 aliphatic heterocycles. The van der Waals surface area contributed by atoms with Crippen molar-refractivity contribution in [3.05, 3.63) is 33.4 Å². The molecule has 0 saturated carbocycles. The predicted octanol–water partition coefficient (Wildman–Crippen LogP) is 3.12. The molecule has 0 amide bonds. The van der Waals surface area contributed by atoms with Gasteiger partial charge in [-0.3, -0.25) is 0 Å². The highest BCUT2D eigenvalue weighted by atomic mass is 127. The molecule has 1 atom stereocenters. The van der Waals surface area contributed by atoms with Crippen molar-refractivity contribution in [2.24, 2.45) is 0 Å². The van der Waals surface area contributed by atoms with Crippen LogP contribution in [-0.2, 0) is 0 Å². The van der Waals surface area contributed by atoms with Crippen LogP contribution in [0.5, 0.6) is 0 Å². The summed E-state index contributed by atoms with van der Waals surface area (Å²) in [6.45, 7) is 2.08. The van der Waals surface area contributed by atoms with E-state index in [0.29, 0.717) is 0 Å². The molecule has 66 valence electrons. The molecule has 1 N–H and O–H groups in total. The molecule has 0 bridgehead atoms. The van der Waals surface area contributed by atoms with Gasteiger partial charge in [0.1, 0.15) is 0 Å². The molecular weight excluding hydrogens is 263 g/mol. The number of hydrogen-bond donors (Lipinski definition) is 1. The third kappa shape index (κ3) is 2.45. The number of benzene rings is 1. The van der Waals surface area contributed by atoms with E-state index in [1.54, 1.807) is 0 Å². The molecule has 0 spiro atoms. The molecular formula is C10H13IO. The maximum atomic E-state index is 9.70. The van der Waals surface area contributed by atoms with E-state index >= 15 is 0 Å². The lowest BCUT2D eigenvalue weighted by atomic mass is 10.1. The van der Waals surface area contributed by atoms with Gasteiger partial charge in [-0.2, -0.15) is 0 Å². The lowest BCUT2D eigenvalue weighted by Crippen LogP contribution is -1.98. The fourth-order valence-corrected chi connectivity index (χ4v) is 1.92. The first-order chi connectivity index (χ1) is 5.75. The molecule has 0 aromatic heterocycles. The van der Waals surface area contributed by atoms with Gasteiger partial charge in [0, 0.05) is 3.57 Å². The van der Waals surface area contributed by atoms with Crippen LogP contribution >= 0.6 is 22.6 Å². The van der Waals surface area contributed by atoms with Crippen LogP contribution in [0.25, 0.3) is 0 Å². The Morgan fingerprint density at radius 1 is 1.42 bits per heavy atom. The lowest BCUT2D eigenvalue weighted by Gasteiger charge is -2.10. The van der Waals surface area contributed by atoms with Gasteiger partial charge in [-0.1, -0.05) is 31.5 Å². The highest BCUT2D eigenvalue weighted by Gasteiger charge is 2.08. The van der Waals surface area contributed by atoms with Crippen molar-refractivity contribution in [3.63, 3.8) is 0 Å². The molecule has 1 rings (SSSR count). The Hall–Kier alpha value is -0.0900. The van der Waals surface area contributed by atoms with E-state index in [0.717, 1.165) is 22.0 Å². The highest BCUT2D eigenvalue weighted by molar-refractivity contribution is 14.1. The standard InChI is InChI=1S/C10H13IO/c1-2-5-10(12)8-6-3-4-7-9(8)11/h3-4,6-7,10,12H,2,5H2,1H3. The van der Waals surface area contributed by atoms with Gasteiger partial charge in [-0.25, -0.2) is 0 Å². The summed E-state index contributed by atoms with van der Waals surface area (Å²) >= 11 is 2.26. The Morgan fingerprint density at radius 3 is 2.67 bits per heavy atom. The first kappa shape index (κ1) is 9.99. The van der Waals surface area contributed by atoms with E-state index < -0.39 is 0 Å². The summed E-state index contributed by atoms with van der Waals surface area (Å²) in [6.07, 6.45) is 1.58. The molecule has 0 aliphatic carbocycles. The number of halogens is 1. The lowest BCUT2D eigenvalue weighted by molar-refractivity contribution is 0.165. The highest BCUT2D eigenvalue weighted by Crippen LogP contribution is 2.22. The fourth-order valence-electron chi connectivity index (χ4n) is 1.17. The molecule has 0 saturated heterocycles. The van der Waals surface area contributed by atoms with Crippen LogP contribution in [0.1, 0.15) is 31.4 Å². The van der Waals surface area contributed by atoms with Gasteiger partial charge in [0.25, 0.3) is 0 Å². The summed E-state index contributed by atoms with van der Waals surface area (Å²) in [5.41, 5.74) is 1.06. The first-order valence-electron chi connectivity index (χ1n) is 4.18. The molecule has 2 heteroatoms. The number of aliphatic hydroxyl groups excluding tert-OH is 1. The smallest absolute Gasteiger partial charge is 0.0800 e. The first-order valence-corrected chi connectivity index (χ1v) is 5.26. The Kier molecular flexibility index (Phi) is 4.01. The van der Waals surface area contributed by atoms with Crippen molar-refractivity contribution in [2.45, 2.75) is 25.9 Å². The third-order valence-corrected chi connectivity index (χ3v) is 2.81. The summed E-state index contributed by atoms with van der Waals surface area (Å²) in [7, 11) is 0. The largest absolute Gasteiger partial charge is 0.388 e. The molecule has 1 nitrogen and oxygen atoms in total. The zero-order valence-electron chi connectivity index (χ0n) is 7.13. The van der Waals surface area contributed by atoms with Gasteiger partial charge in [-0.05, 0) is 40.6 Å². The van der Waals surface area contributed by atoms with E-state index in [9.17, 15) is 5.11 Å². The van der Waals surface area contributed by atoms with Crippen molar-refractivity contribution >= 4 is 22.6 Å². The Labute approximate surface area is 86.9 Å². The van der Waals surface area contributed by atoms with Crippen LogP contribution in [0.4, 0.5) is 0 Å². The van der Waals surface area contributed by atoms with Gasteiger partial charge in [-0.15, -0.1) is 0 Å². The summed E-state index contributed by atoms with van der Waals surface area (Å²) in [6, 6.07) is 7.97. The van der Waals surface area contributed by atoms with Crippen LogP contribution in [0.3, 0.4) is 0 Å². The molecule has 1 unspecified atom stereocenters. The summed E-state index contributed by atoms with van der Waals surface area (Å²) < 4.78 is 1.15. The van der Waals surface area contributed by atoms with Crippen molar-refractivity contribution in [3.8, 4) is 0 Å². The van der Waals surface area contributed by atoms with E-state index in [4.69, 9.17) is 0 Å². The Morgan fingerprint density at radius 2 is 2.08 bits per heavy atom. The van der Waals surface area contributed by atoms with Crippen molar-refractivity contribution in [1.29, 1.82) is 0 Å². The average Bonchev–Trinajstić information content (AvgIpc) is 2.05. The van der Waals surface area contributed by atoms with Crippen molar-refractivity contribution in [1.82, 2.24) is 0 Å². The summed E-state index contributed by atoms with van der Waals surface area (Å²) in [5.74, 6) is 0. The van der Waals surface area contributed by atoms with E-state index in [-0.39, 0.29) is 6.10 Å². The second-order valence-electron chi connectivity index (χ2n) is 2.83. The quantitative estimate of drug-likeness (QED) is 0.841. The second-order valence-corrected chi connectivity index (χ2v) is 3.99. The van der Waals surface area contributed by atoms with Crippen LogP contribution in [0, 0.1) is 3.57 Å². The van der Waals surface area contributed by atoms with Gasteiger partial charge in [0.15, 0.2) is 0 Å². The minimum absolute atomic E-state index is 0.289. The molecule has 12 heavy (non-hydrogen) atoms. The maximum Gasteiger partial charge on any atom is 0.0800 e. The fraction of sp³-hybridized carbons (Fsp3) is 0.400. The summed E-state index contributed by atoms with van der Waals surface area (Å²) in [4.78, 5) is 0. The van der Waals surface area contributed by atoms with E-state index in [1.807, 2.05) is 24.3 Å². The topological polar surface area (TPSA) is 20.2 Å². The maximum absolute atomic E-state index is 9.70. The Balaban J connectivity index is 2.79. The van der Waals surface area contributed by atoms with Crippen molar-refractivity contribution in [2.75, 3.05) is 0 Å². The Bertz CT molecular complexity index is 247. The van der Waals surface area contributed by atoms with Crippen LogP contribution in [0.15, 0.2) is 24.3 Å². The molecule has 1 aromatic rings. The number of hydrogen-bond acceptors (Lipinski definition) is 1. The minimum Gasteiger partial charge on any atom is -0.388 e. The SMILES string of the molecule is CCCC(O)c1ccccc1I. The van der Waals surface area contributed by atoms with Gasteiger partial charge in [0.2, 0.25) is 0 Å². The zero-order chi connectivity index (χ0) is 8.97. The van der Waals surface area contributed by atoms with Crippen LogP contribution < -0.4 is 0 Å². The molecule has 0 heterocycles. The molecule has 0 radical (unpaired) electrons. The van der Waals surface area contributed by atoms with Gasteiger partial charge < -0.3 is 5.11 Å². The average molecular weight is 276 g/mol. The third-order valence-electron chi connectivity index (χ3n) is 1.83. The molecule has 0 aliphatic rings. The van der Waals surface area contributed by atoms with E-state index in [2.05, 4.69) is 29.5 Å². The normalized spacial score (nSPS) is 12.9. The van der Waals surface area contributed by atoms with Gasteiger partial charge >= 0.3 is 0 Å². The van der Waals surface area contributed by atoms with Gasteiger partial charge in [0.05, 0.1) is 6.10 Å². The number of aliphatic hydroxyl groups is 1. The van der Waals surface area contributed by atoms with E-state index in [1.165, 1.54) is 0 Å². The summed E-state index contributed by atoms with van der Waals surface area (Å²) in [5, 5.41) is 9.70. The molecule has 0 fully saturated rings. The minimum atomic E-state index is -0.289. The van der Waals surface area contributed by atoms with Crippen molar-refractivity contribution < 1.29 is 5.11 Å².